The molecule has 1 aromatic carbocycles. The van der Waals surface area contributed by atoms with Crippen molar-refractivity contribution in [3.63, 3.8) is 0 Å². The van der Waals surface area contributed by atoms with E-state index >= 15 is 0 Å². The Kier molecular flexibility index (Phi) is 4.68. The zero-order valence-electron chi connectivity index (χ0n) is 10.3. The third kappa shape index (κ3) is 3.20. The van der Waals surface area contributed by atoms with Crippen molar-refractivity contribution in [2.45, 2.75) is 13.0 Å². The summed E-state index contributed by atoms with van der Waals surface area (Å²) in [6, 6.07) is 5.56. The smallest absolute Gasteiger partial charge is 0.253 e. The fourth-order valence-corrected chi connectivity index (χ4v) is 1.97. The second-order valence-electron chi connectivity index (χ2n) is 4.05. The molecule has 0 bridgehead atoms. The summed E-state index contributed by atoms with van der Waals surface area (Å²) in [5, 5.41) is 6.80. The van der Waals surface area contributed by atoms with E-state index in [1.807, 2.05) is 18.2 Å². The standard InChI is InChI=1S/C13H14BrN3O2/c14-5-3-7-16-10-11(13(19)12(10)18)17-8-9-4-1-2-6-15-9/h1-2,4,6,16-17H,3,5,7-8H2. The normalized spacial score (nSPS) is 10.6. The van der Waals surface area contributed by atoms with Gasteiger partial charge in [-0.2, -0.15) is 0 Å². The molecule has 100 valence electrons. The van der Waals surface area contributed by atoms with Crippen molar-refractivity contribution < 1.29 is 0 Å². The number of anilines is 2. The number of hydrogen-bond donors (Lipinski definition) is 2. The maximum absolute atomic E-state index is 11.5. The minimum atomic E-state index is -0.461. The topological polar surface area (TPSA) is 71.1 Å². The van der Waals surface area contributed by atoms with Crippen LogP contribution in [-0.2, 0) is 6.54 Å². The first-order chi connectivity index (χ1) is 9.24. The molecule has 1 aromatic heterocycles. The van der Waals surface area contributed by atoms with Gasteiger partial charge in [0.2, 0.25) is 0 Å². The first kappa shape index (κ1) is 13.7. The second kappa shape index (κ2) is 6.47. The lowest BCUT2D eigenvalue weighted by molar-refractivity contribution is 0.985. The number of nitrogens with zero attached hydrogens (tertiary/aromatic N) is 1. The fraction of sp³-hybridized carbons (Fsp3) is 0.308. The summed E-state index contributed by atoms with van der Waals surface area (Å²) < 4.78 is 0. The molecule has 0 fully saturated rings. The Morgan fingerprint density at radius 3 is 2.47 bits per heavy atom. The van der Waals surface area contributed by atoms with Gasteiger partial charge in [-0.1, -0.05) is 22.0 Å². The molecule has 0 aliphatic rings. The third-order valence-electron chi connectivity index (χ3n) is 2.69. The first-order valence-corrected chi connectivity index (χ1v) is 7.13. The van der Waals surface area contributed by atoms with E-state index in [2.05, 4.69) is 31.5 Å². The largest absolute Gasteiger partial charge is 0.380 e. The van der Waals surface area contributed by atoms with E-state index in [1.165, 1.54) is 0 Å². The monoisotopic (exact) mass is 323 g/mol. The molecule has 0 spiro atoms. The van der Waals surface area contributed by atoms with Crippen LogP contribution in [0.4, 0.5) is 11.4 Å². The quantitative estimate of drug-likeness (QED) is 0.459. The van der Waals surface area contributed by atoms with Crippen molar-refractivity contribution in [1.82, 2.24) is 4.98 Å². The number of alkyl halides is 1. The number of halogens is 1. The highest BCUT2D eigenvalue weighted by Gasteiger charge is 2.19. The third-order valence-corrected chi connectivity index (χ3v) is 3.26. The van der Waals surface area contributed by atoms with Gasteiger partial charge in [0.05, 0.1) is 12.2 Å². The van der Waals surface area contributed by atoms with Crippen LogP contribution in [0.25, 0.3) is 0 Å². The number of pyridine rings is 1. The fourth-order valence-electron chi connectivity index (χ4n) is 1.69. The molecule has 0 unspecified atom stereocenters. The maximum atomic E-state index is 11.5. The molecule has 6 heteroatoms. The van der Waals surface area contributed by atoms with Gasteiger partial charge >= 0.3 is 0 Å². The summed E-state index contributed by atoms with van der Waals surface area (Å²) in [7, 11) is 0. The Morgan fingerprint density at radius 2 is 1.84 bits per heavy atom. The lowest BCUT2D eigenvalue weighted by Gasteiger charge is -2.14. The van der Waals surface area contributed by atoms with Crippen LogP contribution in [0.1, 0.15) is 12.1 Å². The predicted molar refractivity (Wildman–Crippen MR) is 79.8 cm³/mol. The second-order valence-corrected chi connectivity index (χ2v) is 4.85. The highest BCUT2D eigenvalue weighted by molar-refractivity contribution is 9.09. The number of nitrogens with one attached hydrogen (secondary N) is 2. The van der Waals surface area contributed by atoms with E-state index in [0.717, 1.165) is 17.4 Å². The Balaban J connectivity index is 1.99. The number of hydrogen-bond acceptors (Lipinski definition) is 5. The van der Waals surface area contributed by atoms with Crippen LogP contribution in [0.5, 0.6) is 0 Å². The SMILES string of the molecule is O=c1c(NCCCBr)c(NCc2ccccn2)c1=O. The minimum absolute atomic E-state index is 0.366. The molecule has 1 heterocycles. The van der Waals surface area contributed by atoms with Crippen LogP contribution in [0.3, 0.4) is 0 Å². The first-order valence-electron chi connectivity index (χ1n) is 6.01. The molecule has 0 atom stereocenters. The number of rotatable bonds is 7. The molecule has 0 saturated heterocycles. The summed E-state index contributed by atoms with van der Waals surface area (Å²) in [4.78, 5) is 27.1. The van der Waals surface area contributed by atoms with Gasteiger partial charge in [0.25, 0.3) is 10.9 Å². The summed E-state index contributed by atoms with van der Waals surface area (Å²) in [6.45, 7) is 1.09. The Labute approximate surface area is 118 Å². The van der Waals surface area contributed by atoms with E-state index in [-0.39, 0.29) is 0 Å². The summed E-state index contributed by atoms with van der Waals surface area (Å²) in [5.74, 6) is 0. The molecule has 0 amide bonds. The highest BCUT2D eigenvalue weighted by Crippen LogP contribution is 2.15. The average molecular weight is 324 g/mol. The zero-order chi connectivity index (χ0) is 13.7. The van der Waals surface area contributed by atoms with Crippen LogP contribution < -0.4 is 21.5 Å². The molecule has 2 aromatic rings. The van der Waals surface area contributed by atoms with Crippen molar-refractivity contribution in [3.8, 4) is 0 Å². The van der Waals surface area contributed by atoms with E-state index in [4.69, 9.17) is 0 Å². The van der Waals surface area contributed by atoms with Crippen LogP contribution in [0, 0.1) is 0 Å². The van der Waals surface area contributed by atoms with Gasteiger partial charge in [0, 0.05) is 18.1 Å². The molecule has 2 rings (SSSR count). The van der Waals surface area contributed by atoms with Crippen LogP contribution >= 0.6 is 15.9 Å². The molecule has 2 N–H and O–H groups in total. The molecular formula is C13H14BrN3O2. The minimum Gasteiger partial charge on any atom is -0.380 e. The van der Waals surface area contributed by atoms with Crippen molar-refractivity contribution in [3.05, 3.63) is 50.5 Å². The van der Waals surface area contributed by atoms with Crippen LogP contribution in [0.2, 0.25) is 0 Å². The van der Waals surface area contributed by atoms with Gasteiger partial charge in [0.15, 0.2) is 0 Å². The molecule has 0 radical (unpaired) electrons. The van der Waals surface area contributed by atoms with Gasteiger partial charge in [-0.15, -0.1) is 0 Å². The summed E-state index contributed by atoms with van der Waals surface area (Å²) in [6.07, 6.45) is 2.58. The maximum Gasteiger partial charge on any atom is 0.253 e. The Hall–Kier alpha value is -1.69. The van der Waals surface area contributed by atoms with E-state index < -0.39 is 10.9 Å². The van der Waals surface area contributed by atoms with E-state index in [1.54, 1.807) is 6.20 Å². The van der Waals surface area contributed by atoms with Crippen molar-refractivity contribution in [1.29, 1.82) is 0 Å². The predicted octanol–water partition coefficient (Wildman–Crippen LogP) is 1.49. The van der Waals surface area contributed by atoms with Gasteiger partial charge in [-0.25, -0.2) is 0 Å². The lowest BCUT2D eigenvalue weighted by Crippen LogP contribution is -2.37. The van der Waals surface area contributed by atoms with Crippen LogP contribution in [0.15, 0.2) is 34.0 Å². The van der Waals surface area contributed by atoms with Crippen molar-refractivity contribution >= 4 is 27.3 Å². The van der Waals surface area contributed by atoms with E-state index in [9.17, 15) is 9.59 Å². The molecule has 0 saturated carbocycles. The van der Waals surface area contributed by atoms with Gasteiger partial charge < -0.3 is 10.6 Å². The molecule has 19 heavy (non-hydrogen) atoms. The average Bonchev–Trinajstić information content (AvgIpc) is 2.46. The van der Waals surface area contributed by atoms with Crippen molar-refractivity contribution in [2.24, 2.45) is 0 Å². The lowest BCUT2D eigenvalue weighted by atomic mass is 10.2. The molecule has 5 nitrogen and oxygen atoms in total. The van der Waals surface area contributed by atoms with Gasteiger partial charge in [-0.05, 0) is 18.6 Å². The zero-order valence-corrected chi connectivity index (χ0v) is 11.9. The van der Waals surface area contributed by atoms with Gasteiger partial charge in [0.1, 0.15) is 11.4 Å². The summed E-state index contributed by atoms with van der Waals surface area (Å²) in [5.41, 5.74) is 0.671. The van der Waals surface area contributed by atoms with Crippen LogP contribution in [-0.4, -0.2) is 16.9 Å². The Bertz CT molecular complexity index is 606. The van der Waals surface area contributed by atoms with Gasteiger partial charge in [-0.3, -0.25) is 14.6 Å². The summed E-state index contributed by atoms with van der Waals surface area (Å²) >= 11 is 3.31. The van der Waals surface area contributed by atoms with Crippen molar-refractivity contribution in [2.75, 3.05) is 22.5 Å². The number of aromatic nitrogens is 1. The highest BCUT2D eigenvalue weighted by atomic mass is 79.9. The molecule has 0 aliphatic heterocycles. The molecule has 0 aliphatic carbocycles. The Morgan fingerprint density at radius 1 is 1.11 bits per heavy atom. The van der Waals surface area contributed by atoms with E-state index in [0.29, 0.717) is 24.5 Å². The molecular weight excluding hydrogens is 310 g/mol.